The minimum Gasteiger partial charge on any atom is -0.345 e. The molecule has 0 bridgehead atoms. The minimum atomic E-state index is -4.50. The summed E-state index contributed by atoms with van der Waals surface area (Å²) in [6.07, 6.45) is 0.416. The summed E-state index contributed by atoms with van der Waals surface area (Å²) in [6, 6.07) is 1.49. The predicted molar refractivity (Wildman–Crippen MR) is 97.4 cm³/mol. The Hall–Kier alpha value is -2.14. The van der Waals surface area contributed by atoms with Crippen LogP contribution in [0.1, 0.15) is 37.9 Å². The second kappa shape index (κ2) is 6.73. The molecule has 0 radical (unpaired) electrons. The standard InChI is InChI=1S/C17H20F3N5O2S/c1-10-6-11(24-28(26,27)5-3-17(18,19)20)7-13(10)16-23-9-12-8-22-15-14(25(12)16)2-4-21-15/h2,4,8-11,13,21,24H,3,5-7H2,1H3/t10-,11+,13-/m1/s1. The molecule has 0 spiro atoms. The third kappa shape index (κ3) is 3.72. The first kappa shape index (κ1) is 19.2. The molecule has 7 nitrogen and oxygen atoms in total. The van der Waals surface area contributed by atoms with Crippen LogP contribution in [0.15, 0.2) is 24.7 Å². The van der Waals surface area contributed by atoms with Gasteiger partial charge in [-0.1, -0.05) is 6.92 Å². The van der Waals surface area contributed by atoms with Crippen molar-refractivity contribution in [3.63, 3.8) is 0 Å². The topological polar surface area (TPSA) is 92.2 Å². The molecule has 0 amide bonds. The molecule has 1 aliphatic carbocycles. The molecule has 2 N–H and O–H groups in total. The van der Waals surface area contributed by atoms with E-state index in [2.05, 4.69) is 19.7 Å². The Morgan fingerprint density at radius 3 is 2.79 bits per heavy atom. The SMILES string of the molecule is C[C@@H]1C[C@H](NS(=O)(=O)CCC(F)(F)F)C[C@H]1c1ncc2cnc3[nH]ccc3n12. The van der Waals surface area contributed by atoms with Gasteiger partial charge in [0.25, 0.3) is 0 Å². The summed E-state index contributed by atoms with van der Waals surface area (Å²) in [6.45, 7) is 2.01. The molecule has 11 heteroatoms. The molecule has 0 aliphatic heterocycles. The molecule has 3 aromatic rings. The number of aromatic amines is 1. The van der Waals surface area contributed by atoms with Gasteiger partial charge in [0.2, 0.25) is 10.0 Å². The number of imidazole rings is 1. The van der Waals surface area contributed by atoms with Crippen LogP contribution in [0.2, 0.25) is 0 Å². The van der Waals surface area contributed by atoms with Crippen LogP contribution in [-0.4, -0.2) is 45.7 Å². The molecule has 1 saturated carbocycles. The Morgan fingerprint density at radius 1 is 1.29 bits per heavy atom. The largest absolute Gasteiger partial charge is 0.390 e. The van der Waals surface area contributed by atoms with Crippen LogP contribution < -0.4 is 4.72 Å². The molecule has 4 rings (SSSR count). The van der Waals surface area contributed by atoms with E-state index in [0.717, 1.165) is 22.5 Å². The first-order valence-electron chi connectivity index (χ1n) is 8.99. The summed E-state index contributed by atoms with van der Waals surface area (Å²) < 4.78 is 65.6. The van der Waals surface area contributed by atoms with Crippen molar-refractivity contribution in [2.45, 2.75) is 44.3 Å². The van der Waals surface area contributed by atoms with E-state index < -0.39 is 34.4 Å². The van der Waals surface area contributed by atoms with Gasteiger partial charge < -0.3 is 4.98 Å². The highest BCUT2D eigenvalue weighted by Crippen LogP contribution is 2.40. The van der Waals surface area contributed by atoms with Gasteiger partial charge in [-0.3, -0.25) is 4.40 Å². The summed E-state index contributed by atoms with van der Waals surface area (Å²) in [5, 5.41) is 0. The number of nitrogens with zero attached hydrogens (tertiary/aromatic N) is 3. The minimum absolute atomic E-state index is 0.0154. The van der Waals surface area contributed by atoms with E-state index in [1.165, 1.54) is 0 Å². The number of halogens is 3. The zero-order chi connectivity index (χ0) is 20.1. The summed E-state index contributed by atoms with van der Waals surface area (Å²) in [7, 11) is -3.99. The van der Waals surface area contributed by atoms with Crippen LogP contribution in [0.4, 0.5) is 13.2 Å². The molecule has 0 unspecified atom stereocenters. The van der Waals surface area contributed by atoms with Crippen LogP contribution in [0, 0.1) is 5.92 Å². The van der Waals surface area contributed by atoms with Gasteiger partial charge in [0.15, 0.2) is 5.65 Å². The van der Waals surface area contributed by atoms with Crippen molar-refractivity contribution in [2.75, 3.05) is 5.75 Å². The van der Waals surface area contributed by atoms with E-state index in [0.29, 0.717) is 12.8 Å². The lowest BCUT2D eigenvalue weighted by atomic mass is 9.97. The molecule has 3 aromatic heterocycles. The monoisotopic (exact) mass is 415 g/mol. The highest BCUT2D eigenvalue weighted by molar-refractivity contribution is 7.89. The van der Waals surface area contributed by atoms with Crippen LogP contribution >= 0.6 is 0 Å². The Morgan fingerprint density at radius 2 is 2.04 bits per heavy atom. The lowest BCUT2D eigenvalue weighted by Gasteiger charge is -2.15. The molecule has 28 heavy (non-hydrogen) atoms. The van der Waals surface area contributed by atoms with E-state index in [1.54, 1.807) is 18.6 Å². The van der Waals surface area contributed by atoms with Crippen molar-refractivity contribution in [2.24, 2.45) is 5.92 Å². The summed E-state index contributed by atoms with van der Waals surface area (Å²) in [5.41, 5.74) is 2.44. The van der Waals surface area contributed by atoms with Gasteiger partial charge in [-0.25, -0.2) is 23.1 Å². The Balaban J connectivity index is 1.55. The molecule has 3 atom stereocenters. The zero-order valence-electron chi connectivity index (χ0n) is 15.1. The maximum absolute atomic E-state index is 12.3. The van der Waals surface area contributed by atoms with Crippen molar-refractivity contribution in [3.8, 4) is 0 Å². The second-order valence-corrected chi connectivity index (χ2v) is 9.27. The van der Waals surface area contributed by atoms with Gasteiger partial charge in [0, 0.05) is 18.2 Å². The molecule has 152 valence electrons. The third-order valence-electron chi connectivity index (χ3n) is 5.30. The van der Waals surface area contributed by atoms with E-state index in [4.69, 9.17) is 0 Å². The van der Waals surface area contributed by atoms with Gasteiger partial charge in [-0.15, -0.1) is 0 Å². The Labute approximate surface area is 159 Å². The molecule has 0 saturated heterocycles. The van der Waals surface area contributed by atoms with Crippen LogP contribution in [0.3, 0.4) is 0 Å². The van der Waals surface area contributed by atoms with E-state index in [9.17, 15) is 21.6 Å². The fraction of sp³-hybridized carbons (Fsp3) is 0.529. The number of fused-ring (bicyclic) bond motifs is 3. The first-order chi connectivity index (χ1) is 13.1. The summed E-state index contributed by atoms with van der Waals surface area (Å²) in [5.74, 6) is -0.0264. The lowest BCUT2D eigenvalue weighted by Crippen LogP contribution is -2.36. The Kier molecular flexibility index (Phi) is 4.61. The van der Waals surface area contributed by atoms with Crippen LogP contribution in [0.5, 0.6) is 0 Å². The van der Waals surface area contributed by atoms with Gasteiger partial charge in [-0.2, -0.15) is 13.2 Å². The number of aromatic nitrogens is 4. The maximum atomic E-state index is 12.3. The number of hydrogen-bond donors (Lipinski definition) is 2. The van der Waals surface area contributed by atoms with Gasteiger partial charge >= 0.3 is 6.18 Å². The normalized spacial score (nSPS) is 23.8. The van der Waals surface area contributed by atoms with E-state index in [1.807, 2.05) is 17.4 Å². The number of nitrogens with one attached hydrogen (secondary N) is 2. The number of hydrogen-bond acceptors (Lipinski definition) is 4. The zero-order valence-corrected chi connectivity index (χ0v) is 15.9. The smallest absolute Gasteiger partial charge is 0.345 e. The predicted octanol–water partition coefficient (Wildman–Crippen LogP) is 2.96. The third-order valence-corrected chi connectivity index (χ3v) is 6.73. The Bertz CT molecular complexity index is 1110. The van der Waals surface area contributed by atoms with Crippen molar-refractivity contribution in [3.05, 3.63) is 30.5 Å². The lowest BCUT2D eigenvalue weighted by molar-refractivity contribution is -0.130. The first-order valence-corrected chi connectivity index (χ1v) is 10.6. The van der Waals surface area contributed by atoms with E-state index in [-0.39, 0.29) is 11.8 Å². The number of H-pyrrole nitrogens is 1. The van der Waals surface area contributed by atoms with Crippen LogP contribution in [0.25, 0.3) is 16.7 Å². The highest BCUT2D eigenvalue weighted by atomic mass is 32.2. The van der Waals surface area contributed by atoms with Gasteiger partial charge in [0.05, 0.1) is 35.6 Å². The molecule has 1 fully saturated rings. The number of rotatable bonds is 5. The van der Waals surface area contributed by atoms with Crippen molar-refractivity contribution in [1.29, 1.82) is 0 Å². The summed E-state index contributed by atoms with van der Waals surface area (Å²) in [4.78, 5) is 11.9. The number of alkyl halides is 3. The fourth-order valence-electron chi connectivity index (χ4n) is 4.03. The van der Waals surface area contributed by atoms with Crippen molar-refractivity contribution >= 4 is 26.7 Å². The fourth-order valence-corrected chi connectivity index (χ4v) is 5.35. The summed E-state index contributed by atoms with van der Waals surface area (Å²) >= 11 is 0. The molecular formula is C17H20F3N5O2S. The average molecular weight is 415 g/mol. The van der Waals surface area contributed by atoms with Crippen molar-refractivity contribution in [1.82, 2.24) is 24.1 Å². The molecule has 3 heterocycles. The van der Waals surface area contributed by atoms with Crippen molar-refractivity contribution < 1.29 is 21.6 Å². The molecular weight excluding hydrogens is 395 g/mol. The quantitative estimate of drug-likeness (QED) is 0.670. The van der Waals surface area contributed by atoms with E-state index >= 15 is 0 Å². The second-order valence-electron chi connectivity index (χ2n) is 7.40. The van der Waals surface area contributed by atoms with Gasteiger partial charge in [-0.05, 0) is 24.8 Å². The average Bonchev–Trinajstić information content (AvgIpc) is 3.29. The maximum Gasteiger partial charge on any atom is 0.390 e. The number of sulfonamides is 1. The molecule has 1 aliphatic rings. The molecule has 0 aromatic carbocycles. The van der Waals surface area contributed by atoms with Gasteiger partial charge in [0.1, 0.15) is 5.82 Å². The van der Waals surface area contributed by atoms with Crippen LogP contribution in [-0.2, 0) is 10.0 Å². The highest BCUT2D eigenvalue weighted by Gasteiger charge is 2.38.